The van der Waals surface area contributed by atoms with E-state index < -0.39 is 5.54 Å². The van der Waals surface area contributed by atoms with Crippen LogP contribution in [0.4, 0.5) is 0 Å². The predicted molar refractivity (Wildman–Crippen MR) is 75.5 cm³/mol. The summed E-state index contributed by atoms with van der Waals surface area (Å²) in [6.07, 6.45) is 1.04. The summed E-state index contributed by atoms with van der Waals surface area (Å²) >= 11 is 0. The van der Waals surface area contributed by atoms with Gasteiger partial charge in [-0.2, -0.15) is 0 Å². The van der Waals surface area contributed by atoms with Crippen molar-refractivity contribution in [3.05, 3.63) is 35.4 Å². The highest BCUT2D eigenvalue weighted by molar-refractivity contribution is 5.85. The van der Waals surface area contributed by atoms with Gasteiger partial charge in [0.1, 0.15) is 0 Å². The Morgan fingerprint density at radius 2 is 1.83 bits per heavy atom. The number of hydrogen-bond donors (Lipinski definition) is 2. The van der Waals surface area contributed by atoms with E-state index in [1.165, 1.54) is 5.56 Å². The lowest BCUT2D eigenvalue weighted by Crippen LogP contribution is -2.51. The van der Waals surface area contributed by atoms with Crippen LogP contribution in [-0.4, -0.2) is 18.5 Å². The molecule has 1 aromatic carbocycles. The molecule has 1 aromatic rings. The first-order chi connectivity index (χ1) is 8.40. The van der Waals surface area contributed by atoms with Crippen molar-refractivity contribution in [3.63, 3.8) is 0 Å². The molecule has 1 rings (SSSR count). The minimum absolute atomic E-state index is 0.0112. The zero-order valence-corrected chi connectivity index (χ0v) is 12.0. The quantitative estimate of drug-likeness (QED) is 0.840. The maximum Gasteiger partial charge on any atom is 0.240 e. The Bertz CT molecular complexity index is 395. The molecule has 3 heteroatoms. The van der Waals surface area contributed by atoms with Gasteiger partial charge in [0, 0.05) is 0 Å². The molecule has 1 atom stereocenters. The Hall–Kier alpha value is -1.35. The lowest BCUT2D eigenvalue weighted by Gasteiger charge is -2.25. The summed E-state index contributed by atoms with van der Waals surface area (Å²) in [4.78, 5) is 12.0. The maximum absolute atomic E-state index is 12.0. The average molecular weight is 248 g/mol. The van der Waals surface area contributed by atoms with Crippen molar-refractivity contribution in [2.45, 2.75) is 45.7 Å². The SMILES string of the molecule is CCc1ccc(C(C)NC(=O)C(C)(C)NC)cc1. The zero-order valence-electron chi connectivity index (χ0n) is 12.0. The molecule has 1 amide bonds. The molecule has 2 N–H and O–H groups in total. The van der Waals surface area contributed by atoms with Crippen LogP contribution in [0.15, 0.2) is 24.3 Å². The Labute approximate surface area is 110 Å². The number of nitrogens with one attached hydrogen (secondary N) is 2. The molecule has 0 saturated heterocycles. The Kier molecular flexibility index (Phi) is 4.91. The maximum atomic E-state index is 12.0. The highest BCUT2D eigenvalue weighted by Gasteiger charge is 2.26. The van der Waals surface area contributed by atoms with E-state index in [4.69, 9.17) is 0 Å². The van der Waals surface area contributed by atoms with Gasteiger partial charge in [-0.15, -0.1) is 0 Å². The van der Waals surface area contributed by atoms with Crippen LogP contribution in [0.25, 0.3) is 0 Å². The fourth-order valence-electron chi connectivity index (χ4n) is 1.62. The number of rotatable bonds is 5. The van der Waals surface area contributed by atoms with Gasteiger partial charge in [-0.05, 0) is 45.4 Å². The van der Waals surface area contributed by atoms with E-state index in [0.29, 0.717) is 0 Å². The number of amides is 1. The van der Waals surface area contributed by atoms with Crippen LogP contribution in [0.3, 0.4) is 0 Å². The van der Waals surface area contributed by atoms with E-state index in [9.17, 15) is 4.79 Å². The lowest BCUT2D eigenvalue weighted by atomic mass is 10.0. The fourth-order valence-corrected chi connectivity index (χ4v) is 1.62. The molecule has 0 aliphatic rings. The summed E-state index contributed by atoms with van der Waals surface area (Å²) in [5.74, 6) is 0.0112. The molecule has 0 radical (unpaired) electrons. The van der Waals surface area contributed by atoms with E-state index >= 15 is 0 Å². The molecule has 3 nitrogen and oxygen atoms in total. The number of carbonyl (C=O) groups is 1. The summed E-state index contributed by atoms with van der Waals surface area (Å²) in [6.45, 7) is 7.88. The van der Waals surface area contributed by atoms with E-state index in [2.05, 4.69) is 41.8 Å². The summed E-state index contributed by atoms with van der Waals surface area (Å²) < 4.78 is 0. The van der Waals surface area contributed by atoms with Gasteiger partial charge < -0.3 is 10.6 Å². The van der Waals surface area contributed by atoms with Crippen LogP contribution in [-0.2, 0) is 11.2 Å². The number of likely N-dealkylation sites (N-methyl/N-ethyl adjacent to an activating group) is 1. The van der Waals surface area contributed by atoms with Crippen LogP contribution in [0.2, 0.25) is 0 Å². The molecule has 0 bridgehead atoms. The minimum Gasteiger partial charge on any atom is -0.348 e. The predicted octanol–water partition coefficient (Wildman–Crippen LogP) is 2.42. The van der Waals surface area contributed by atoms with Gasteiger partial charge in [0.15, 0.2) is 0 Å². The standard InChI is InChI=1S/C15H24N2O/c1-6-12-7-9-13(10-8-12)11(2)17-14(18)15(3,4)16-5/h7-11,16H,6H2,1-5H3,(H,17,18). The van der Waals surface area contributed by atoms with Crippen LogP contribution >= 0.6 is 0 Å². The Morgan fingerprint density at radius 1 is 1.28 bits per heavy atom. The van der Waals surface area contributed by atoms with Crippen LogP contribution in [0.5, 0.6) is 0 Å². The van der Waals surface area contributed by atoms with Crippen molar-refractivity contribution in [3.8, 4) is 0 Å². The molecule has 100 valence electrons. The molecule has 0 aliphatic carbocycles. The zero-order chi connectivity index (χ0) is 13.8. The second-order valence-electron chi connectivity index (χ2n) is 5.17. The van der Waals surface area contributed by atoms with Gasteiger partial charge in [0.2, 0.25) is 5.91 Å². The van der Waals surface area contributed by atoms with Gasteiger partial charge in [-0.3, -0.25) is 4.79 Å². The molecular weight excluding hydrogens is 224 g/mol. The topological polar surface area (TPSA) is 41.1 Å². The second-order valence-corrected chi connectivity index (χ2v) is 5.17. The van der Waals surface area contributed by atoms with E-state index in [1.54, 1.807) is 7.05 Å². The van der Waals surface area contributed by atoms with E-state index in [1.807, 2.05) is 20.8 Å². The summed E-state index contributed by atoms with van der Waals surface area (Å²) in [5, 5.41) is 6.03. The molecule has 0 heterocycles. The van der Waals surface area contributed by atoms with E-state index in [0.717, 1.165) is 12.0 Å². The van der Waals surface area contributed by atoms with E-state index in [-0.39, 0.29) is 11.9 Å². The summed E-state index contributed by atoms with van der Waals surface area (Å²) in [7, 11) is 1.79. The monoisotopic (exact) mass is 248 g/mol. The average Bonchev–Trinajstić information content (AvgIpc) is 2.38. The largest absolute Gasteiger partial charge is 0.348 e. The van der Waals surface area contributed by atoms with Gasteiger partial charge in [0.25, 0.3) is 0 Å². The van der Waals surface area contributed by atoms with Crippen molar-refractivity contribution < 1.29 is 4.79 Å². The van der Waals surface area contributed by atoms with Crippen LogP contribution < -0.4 is 10.6 Å². The van der Waals surface area contributed by atoms with Gasteiger partial charge in [0.05, 0.1) is 11.6 Å². The Balaban J connectivity index is 2.70. The number of aryl methyl sites for hydroxylation is 1. The molecule has 18 heavy (non-hydrogen) atoms. The lowest BCUT2D eigenvalue weighted by molar-refractivity contribution is -0.126. The third kappa shape index (κ3) is 3.57. The first-order valence-electron chi connectivity index (χ1n) is 6.49. The first-order valence-corrected chi connectivity index (χ1v) is 6.49. The van der Waals surface area contributed by atoms with Crippen molar-refractivity contribution in [1.29, 1.82) is 0 Å². The molecule has 0 fully saturated rings. The minimum atomic E-state index is -0.544. The highest BCUT2D eigenvalue weighted by Crippen LogP contribution is 2.15. The highest BCUT2D eigenvalue weighted by atomic mass is 16.2. The molecule has 1 unspecified atom stereocenters. The summed E-state index contributed by atoms with van der Waals surface area (Å²) in [6, 6.07) is 8.41. The van der Waals surface area contributed by atoms with Gasteiger partial charge >= 0.3 is 0 Å². The van der Waals surface area contributed by atoms with Crippen molar-refractivity contribution >= 4 is 5.91 Å². The normalized spacial score (nSPS) is 13.2. The summed E-state index contributed by atoms with van der Waals surface area (Å²) in [5.41, 5.74) is 1.90. The third-order valence-electron chi connectivity index (χ3n) is 3.43. The molecule has 0 spiro atoms. The molecule has 0 saturated carbocycles. The Morgan fingerprint density at radius 3 is 2.28 bits per heavy atom. The van der Waals surface area contributed by atoms with Crippen molar-refractivity contribution in [2.75, 3.05) is 7.05 Å². The van der Waals surface area contributed by atoms with Gasteiger partial charge in [-0.1, -0.05) is 31.2 Å². The van der Waals surface area contributed by atoms with Crippen molar-refractivity contribution in [2.24, 2.45) is 0 Å². The fraction of sp³-hybridized carbons (Fsp3) is 0.533. The van der Waals surface area contributed by atoms with Gasteiger partial charge in [-0.25, -0.2) is 0 Å². The number of benzene rings is 1. The molecule has 0 aromatic heterocycles. The number of carbonyl (C=O) groups excluding carboxylic acids is 1. The smallest absolute Gasteiger partial charge is 0.240 e. The number of hydrogen-bond acceptors (Lipinski definition) is 2. The molecule has 0 aliphatic heterocycles. The second kappa shape index (κ2) is 6.01. The first kappa shape index (κ1) is 14.7. The van der Waals surface area contributed by atoms with Crippen LogP contribution in [0, 0.1) is 0 Å². The third-order valence-corrected chi connectivity index (χ3v) is 3.43. The van der Waals surface area contributed by atoms with Crippen molar-refractivity contribution in [1.82, 2.24) is 10.6 Å². The molecular formula is C15H24N2O. The van der Waals surface area contributed by atoms with Crippen LogP contribution in [0.1, 0.15) is 44.9 Å².